The summed E-state index contributed by atoms with van der Waals surface area (Å²) in [6, 6.07) is 7.26. The summed E-state index contributed by atoms with van der Waals surface area (Å²) >= 11 is 0. The standard InChI is InChI=1S/C13H17NO4/c1-9(7-16-2)14-13(15)12-8-17-10-5-3-4-6-11(10)18-12/h3-6,9,12H,7-8H2,1-2H3,(H,14,15). The van der Waals surface area contributed by atoms with E-state index in [0.29, 0.717) is 18.1 Å². The molecule has 0 radical (unpaired) electrons. The zero-order valence-corrected chi connectivity index (χ0v) is 10.5. The highest BCUT2D eigenvalue weighted by Gasteiger charge is 2.27. The molecule has 1 aromatic carbocycles. The molecule has 5 nitrogen and oxygen atoms in total. The van der Waals surface area contributed by atoms with Gasteiger partial charge >= 0.3 is 0 Å². The number of hydrogen-bond donors (Lipinski definition) is 1. The minimum absolute atomic E-state index is 0.0525. The van der Waals surface area contributed by atoms with Gasteiger partial charge in [0.05, 0.1) is 6.61 Å². The lowest BCUT2D eigenvalue weighted by molar-refractivity contribution is -0.131. The van der Waals surface area contributed by atoms with E-state index in [4.69, 9.17) is 14.2 Å². The van der Waals surface area contributed by atoms with E-state index >= 15 is 0 Å². The summed E-state index contributed by atoms with van der Waals surface area (Å²) in [6.07, 6.45) is -0.612. The molecule has 1 heterocycles. The van der Waals surface area contributed by atoms with Crippen LogP contribution in [-0.2, 0) is 9.53 Å². The van der Waals surface area contributed by atoms with Crippen LogP contribution in [0.15, 0.2) is 24.3 Å². The van der Waals surface area contributed by atoms with Crippen LogP contribution in [0.4, 0.5) is 0 Å². The number of nitrogens with one attached hydrogen (secondary N) is 1. The monoisotopic (exact) mass is 251 g/mol. The second kappa shape index (κ2) is 5.73. The van der Waals surface area contributed by atoms with E-state index in [2.05, 4.69) is 5.32 Å². The third-order valence-electron chi connectivity index (χ3n) is 2.61. The number of hydrogen-bond acceptors (Lipinski definition) is 4. The maximum Gasteiger partial charge on any atom is 0.264 e. The van der Waals surface area contributed by atoms with Crippen molar-refractivity contribution in [3.05, 3.63) is 24.3 Å². The number of carbonyl (C=O) groups excluding carboxylic acids is 1. The second-order valence-electron chi connectivity index (χ2n) is 4.23. The van der Waals surface area contributed by atoms with Gasteiger partial charge in [-0.3, -0.25) is 4.79 Å². The molecule has 1 aromatic rings. The van der Waals surface area contributed by atoms with Gasteiger partial charge in [-0.15, -0.1) is 0 Å². The van der Waals surface area contributed by atoms with E-state index in [9.17, 15) is 4.79 Å². The number of amides is 1. The minimum Gasteiger partial charge on any atom is -0.485 e. The molecular weight excluding hydrogens is 234 g/mol. The van der Waals surface area contributed by atoms with Crippen molar-refractivity contribution in [2.24, 2.45) is 0 Å². The molecule has 2 rings (SSSR count). The van der Waals surface area contributed by atoms with Crippen LogP contribution >= 0.6 is 0 Å². The first kappa shape index (κ1) is 12.7. The van der Waals surface area contributed by atoms with E-state index in [0.717, 1.165) is 0 Å². The van der Waals surface area contributed by atoms with Crippen LogP contribution in [0.2, 0.25) is 0 Å². The predicted molar refractivity (Wildman–Crippen MR) is 65.8 cm³/mol. The Bertz CT molecular complexity index is 421. The molecule has 98 valence electrons. The summed E-state index contributed by atoms with van der Waals surface area (Å²) in [4.78, 5) is 11.9. The summed E-state index contributed by atoms with van der Waals surface area (Å²) in [5, 5.41) is 2.81. The molecule has 0 aliphatic carbocycles. The molecule has 1 amide bonds. The Kier molecular flexibility index (Phi) is 4.04. The quantitative estimate of drug-likeness (QED) is 0.866. The lowest BCUT2D eigenvalue weighted by Crippen LogP contribution is -2.47. The average molecular weight is 251 g/mol. The van der Waals surface area contributed by atoms with Gasteiger partial charge in [-0.2, -0.15) is 0 Å². The first-order chi connectivity index (χ1) is 8.70. The molecule has 2 atom stereocenters. The van der Waals surface area contributed by atoms with E-state index in [1.54, 1.807) is 13.2 Å². The van der Waals surface area contributed by atoms with Gasteiger partial charge in [-0.05, 0) is 19.1 Å². The van der Waals surface area contributed by atoms with Gasteiger partial charge in [-0.25, -0.2) is 0 Å². The van der Waals surface area contributed by atoms with Crippen LogP contribution in [0.1, 0.15) is 6.92 Å². The van der Waals surface area contributed by atoms with Crippen molar-refractivity contribution >= 4 is 5.91 Å². The summed E-state index contributed by atoms with van der Waals surface area (Å²) in [6.45, 7) is 2.57. The molecule has 1 N–H and O–H groups in total. The van der Waals surface area contributed by atoms with Crippen molar-refractivity contribution in [2.75, 3.05) is 20.3 Å². The lowest BCUT2D eigenvalue weighted by atomic mass is 10.2. The van der Waals surface area contributed by atoms with Crippen LogP contribution in [0, 0.1) is 0 Å². The van der Waals surface area contributed by atoms with Crippen LogP contribution in [0.5, 0.6) is 11.5 Å². The van der Waals surface area contributed by atoms with Crippen LogP contribution in [0.25, 0.3) is 0 Å². The van der Waals surface area contributed by atoms with Gasteiger partial charge in [0.25, 0.3) is 5.91 Å². The van der Waals surface area contributed by atoms with E-state index in [1.807, 2.05) is 25.1 Å². The number of benzene rings is 1. The smallest absolute Gasteiger partial charge is 0.264 e. The highest BCUT2D eigenvalue weighted by Crippen LogP contribution is 2.30. The molecule has 0 spiro atoms. The fourth-order valence-electron chi connectivity index (χ4n) is 1.78. The van der Waals surface area contributed by atoms with Gasteiger partial charge in [0.2, 0.25) is 6.10 Å². The minimum atomic E-state index is -0.612. The zero-order chi connectivity index (χ0) is 13.0. The molecule has 0 aromatic heterocycles. The number of para-hydroxylation sites is 2. The SMILES string of the molecule is COCC(C)NC(=O)C1COc2ccccc2O1. The van der Waals surface area contributed by atoms with E-state index < -0.39 is 6.10 Å². The number of ether oxygens (including phenoxy) is 3. The van der Waals surface area contributed by atoms with Crippen molar-refractivity contribution in [3.63, 3.8) is 0 Å². The number of rotatable bonds is 4. The maximum absolute atomic E-state index is 11.9. The summed E-state index contributed by atoms with van der Waals surface area (Å²) < 4.78 is 16.0. The highest BCUT2D eigenvalue weighted by atomic mass is 16.6. The fourth-order valence-corrected chi connectivity index (χ4v) is 1.78. The molecule has 18 heavy (non-hydrogen) atoms. The molecule has 0 saturated carbocycles. The van der Waals surface area contributed by atoms with Crippen LogP contribution in [0.3, 0.4) is 0 Å². The molecular formula is C13H17NO4. The molecule has 0 saturated heterocycles. The summed E-state index contributed by atoms with van der Waals surface area (Å²) in [5.41, 5.74) is 0. The molecule has 0 bridgehead atoms. The second-order valence-corrected chi connectivity index (χ2v) is 4.23. The van der Waals surface area contributed by atoms with Gasteiger partial charge in [0.15, 0.2) is 11.5 Å². The largest absolute Gasteiger partial charge is 0.485 e. The highest BCUT2D eigenvalue weighted by molar-refractivity contribution is 5.82. The van der Waals surface area contributed by atoms with Gasteiger partial charge in [0.1, 0.15) is 6.61 Å². The molecule has 1 aliphatic rings. The predicted octanol–water partition coefficient (Wildman–Crippen LogP) is 0.977. The Morgan fingerprint density at radius 3 is 2.94 bits per heavy atom. The first-order valence-electron chi connectivity index (χ1n) is 5.88. The topological polar surface area (TPSA) is 56.8 Å². The third-order valence-corrected chi connectivity index (χ3v) is 2.61. The molecule has 2 unspecified atom stereocenters. The fraction of sp³-hybridized carbons (Fsp3) is 0.462. The molecule has 5 heteroatoms. The number of methoxy groups -OCH3 is 1. The van der Waals surface area contributed by atoms with E-state index in [-0.39, 0.29) is 18.6 Å². The van der Waals surface area contributed by atoms with E-state index in [1.165, 1.54) is 0 Å². The van der Waals surface area contributed by atoms with Crippen molar-refractivity contribution in [1.29, 1.82) is 0 Å². The Morgan fingerprint density at radius 2 is 2.22 bits per heavy atom. The van der Waals surface area contributed by atoms with Gasteiger partial charge in [0, 0.05) is 13.2 Å². The first-order valence-corrected chi connectivity index (χ1v) is 5.88. The Morgan fingerprint density at radius 1 is 1.50 bits per heavy atom. The van der Waals surface area contributed by atoms with Gasteiger partial charge < -0.3 is 19.5 Å². The zero-order valence-electron chi connectivity index (χ0n) is 10.5. The summed E-state index contributed by atoms with van der Waals surface area (Å²) in [5.74, 6) is 1.09. The van der Waals surface area contributed by atoms with Crippen LogP contribution < -0.4 is 14.8 Å². The van der Waals surface area contributed by atoms with Crippen molar-refractivity contribution in [3.8, 4) is 11.5 Å². The normalized spacial score (nSPS) is 19.1. The maximum atomic E-state index is 11.9. The van der Waals surface area contributed by atoms with Crippen molar-refractivity contribution in [1.82, 2.24) is 5.32 Å². The van der Waals surface area contributed by atoms with Crippen molar-refractivity contribution < 1.29 is 19.0 Å². The Balaban J connectivity index is 1.94. The molecule has 0 fully saturated rings. The Labute approximate surface area is 106 Å². The Hall–Kier alpha value is -1.75. The van der Waals surface area contributed by atoms with Crippen LogP contribution in [-0.4, -0.2) is 38.4 Å². The third kappa shape index (κ3) is 2.92. The molecule has 1 aliphatic heterocycles. The number of fused-ring (bicyclic) bond motifs is 1. The van der Waals surface area contributed by atoms with Crippen molar-refractivity contribution in [2.45, 2.75) is 19.1 Å². The average Bonchev–Trinajstić information content (AvgIpc) is 2.38. The lowest BCUT2D eigenvalue weighted by Gasteiger charge is -2.26. The van der Waals surface area contributed by atoms with Gasteiger partial charge in [-0.1, -0.05) is 12.1 Å². The summed E-state index contributed by atoms with van der Waals surface area (Å²) in [7, 11) is 1.60. The number of carbonyl (C=O) groups is 1.